The quantitative estimate of drug-likeness (QED) is 0.770. The second-order valence-electron chi connectivity index (χ2n) is 5.69. The van der Waals surface area contributed by atoms with E-state index in [0.29, 0.717) is 0 Å². The molecule has 2 heterocycles. The SMILES string of the molecule is O=C1c2ccccc2[C@@]2(c3ccccc3)CCCCN12. The number of carbonyl (C=O) groups excluding carboxylic acids is 1. The van der Waals surface area contributed by atoms with Gasteiger partial charge in [0.05, 0.1) is 5.54 Å². The molecule has 2 aliphatic heterocycles. The second-order valence-corrected chi connectivity index (χ2v) is 5.69. The molecule has 100 valence electrons. The maximum absolute atomic E-state index is 12.7. The Morgan fingerprint density at radius 3 is 2.50 bits per heavy atom. The minimum Gasteiger partial charge on any atom is -0.325 e. The van der Waals surface area contributed by atoms with E-state index in [9.17, 15) is 4.79 Å². The van der Waals surface area contributed by atoms with Crippen molar-refractivity contribution in [2.45, 2.75) is 24.8 Å². The summed E-state index contributed by atoms with van der Waals surface area (Å²) in [5.74, 6) is 0.198. The van der Waals surface area contributed by atoms with Gasteiger partial charge in [-0.15, -0.1) is 0 Å². The van der Waals surface area contributed by atoms with Gasteiger partial charge in [-0.05, 0) is 36.5 Å². The number of hydrogen-bond donors (Lipinski definition) is 0. The zero-order valence-corrected chi connectivity index (χ0v) is 11.4. The Balaban J connectivity index is 2.01. The van der Waals surface area contributed by atoms with Gasteiger partial charge in [0.2, 0.25) is 0 Å². The Morgan fingerprint density at radius 2 is 1.65 bits per heavy atom. The second kappa shape index (κ2) is 4.20. The van der Waals surface area contributed by atoms with Crippen LogP contribution in [0.5, 0.6) is 0 Å². The van der Waals surface area contributed by atoms with Gasteiger partial charge in [-0.1, -0.05) is 48.5 Å². The Hall–Kier alpha value is -2.09. The predicted octanol–water partition coefficient (Wildman–Crippen LogP) is 3.57. The van der Waals surface area contributed by atoms with Crippen LogP contribution in [-0.2, 0) is 5.54 Å². The van der Waals surface area contributed by atoms with Gasteiger partial charge in [0.15, 0.2) is 0 Å². The molecule has 1 amide bonds. The number of hydrogen-bond acceptors (Lipinski definition) is 1. The molecule has 2 aliphatic rings. The van der Waals surface area contributed by atoms with E-state index in [4.69, 9.17) is 0 Å². The molecule has 2 aromatic rings. The lowest BCUT2D eigenvalue weighted by Gasteiger charge is -2.43. The van der Waals surface area contributed by atoms with Crippen LogP contribution in [-0.4, -0.2) is 17.4 Å². The van der Waals surface area contributed by atoms with Crippen LogP contribution < -0.4 is 0 Å². The van der Waals surface area contributed by atoms with Gasteiger partial charge < -0.3 is 4.90 Å². The standard InChI is InChI=1S/C18H17NO/c20-17-15-10-4-5-11-16(15)18(12-6-7-13-19(17)18)14-8-2-1-3-9-14/h1-5,8-11H,6-7,12-13H2/t18-/m0/s1. The van der Waals surface area contributed by atoms with Crippen LogP contribution in [0.2, 0.25) is 0 Å². The monoisotopic (exact) mass is 263 g/mol. The fourth-order valence-electron chi connectivity index (χ4n) is 3.88. The molecule has 2 heteroatoms. The number of rotatable bonds is 1. The Morgan fingerprint density at radius 1 is 0.900 bits per heavy atom. The smallest absolute Gasteiger partial charge is 0.255 e. The minimum absolute atomic E-state index is 0.198. The van der Waals surface area contributed by atoms with Crippen LogP contribution in [0, 0.1) is 0 Å². The van der Waals surface area contributed by atoms with E-state index in [2.05, 4.69) is 41.3 Å². The number of carbonyl (C=O) groups is 1. The summed E-state index contributed by atoms with van der Waals surface area (Å²) in [5.41, 5.74) is 3.10. The molecule has 0 saturated carbocycles. The summed E-state index contributed by atoms with van der Waals surface area (Å²) in [6.45, 7) is 0.863. The first-order chi connectivity index (χ1) is 9.84. The molecule has 1 fully saturated rings. The molecule has 0 aromatic heterocycles. The van der Waals surface area contributed by atoms with Gasteiger partial charge in [0.1, 0.15) is 0 Å². The van der Waals surface area contributed by atoms with Gasteiger partial charge in [-0.3, -0.25) is 4.79 Å². The van der Waals surface area contributed by atoms with Gasteiger partial charge in [0, 0.05) is 12.1 Å². The van der Waals surface area contributed by atoms with Crippen molar-refractivity contribution in [2.75, 3.05) is 6.54 Å². The third-order valence-electron chi connectivity index (χ3n) is 4.73. The predicted molar refractivity (Wildman–Crippen MR) is 78.6 cm³/mol. The van der Waals surface area contributed by atoms with E-state index in [1.54, 1.807) is 0 Å². The Kier molecular flexibility index (Phi) is 2.46. The Labute approximate surface area is 119 Å². The van der Waals surface area contributed by atoms with E-state index in [-0.39, 0.29) is 11.4 Å². The zero-order chi connectivity index (χ0) is 13.6. The summed E-state index contributed by atoms with van der Waals surface area (Å²) in [6, 6.07) is 18.6. The molecule has 0 N–H and O–H groups in total. The fraction of sp³-hybridized carbons (Fsp3) is 0.278. The molecule has 2 nitrogen and oxygen atoms in total. The molecular formula is C18H17NO. The van der Waals surface area contributed by atoms with Crippen LogP contribution in [0.1, 0.15) is 40.7 Å². The molecule has 0 unspecified atom stereocenters. The van der Waals surface area contributed by atoms with Gasteiger partial charge >= 0.3 is 0 Å². The lowest BCUT2D eigenvalue weighted by molar-refractivity contribution is 0.0521. The highest BCUT2D eigenvalue weighted by molar-refractivity contribution is 6.00. The lowest BCUT2D eigenvalue weighted by Crippen LogP contribution is -2.47. The molecule has 20 heavy (non-hydrogen) atoms. The third kappa shape index (κ3) is 1.36. The first kappa shape index (κ1) is 11.7. The van der Waals surface area contributed by atoms with Crippen molar-refractivity contribution in [3.63, 3.8) is 0 Å². The van der Waals surface area contributed by atoms with Crippen molar-refractivity contribution < 1.29 is 4.79 Å². The summed E-state index contributed by atoms with van der Waals surface area (Å²) >= 11 is 0. The van der Waals surface area contributed by atoms with Crippen LogP contribution in [0.15, 0.2) is 54.6 Å². The third-order valence-corrected chi connectivity index (χ3v) is 4.73. The highest BCUT2D eigenvalue weighted by Crippen LogP contribution is 2.49. The van der Waals surface area contributed by atoms with E-state index in [1.807, 2.05) is 18.2 Å². The molecular weight excluding hydrogens is 246 g/mol. The first-order valence-corrected chi connectivity index (χ1v) is 7.31. The summed E-state index contributed by atoms with van der Waals surface area (Å²) < 4.78 is 0. The molecule has 1 atom stereocenters. The molecule has 0 aliphatic carbocycles. The van der Waals surface area contributed by atoms with Crippen molar-refractivity contribution in [3.8, 4) is 0 Å². The molecule has 4 rings (SSSR count). The van der Waals surface area contributed by atoms with Gasteiger partial charge in [-0.2, -0.15) is 0 Å². The molecule has 0 bridgehead atoms. The van der Waals surface area contributed by atoms with Crippen molar-refractivity contribution in [1.29, 1.82) is 0 Å². The number of nitrogens with zero attached hydrogens (tertiary/aromatic N) is 1. The largest absolute Gasteiger partial charge is 0.325 e. The van der Waals surface area contributed by atoms with Crippen LogP contribution in [0.4, 0.5) is 0 Å². The summed E-state index contributed by atoms with van der Waals surface area (Å²) in [6.07, 6.45) is 3.31. The maximum Gasteiger partial charge on any atom is 0.255 e. The molecule has 1 saturated heterocycles. The highest BCUT2D eigenvalue weighted by Gasteiger charge is 2.51. The molecule has 0 radical (unpaired) electrons. The summed E-state index contributed by atoms with van der Waals surface area (Å²) in [5, 5.41) is 0. The minimum atomic E-state index is -0.229. The number of piperidine rings is 1. The van der Waals surface area contributed by atoms with Crippen molar-refractivity contribution in [1.82, 2.24) is 4.90 Å². The van der Waals surface area contributed by atoms with E-state index < -0.39 is 0 Å². The summed E-state index contributed by atoms with van der Waals surface area (Å²) in [7, 11) is 0. The highest BCUT2D eigenvalue weighted by atomic mass is 16.2. The summed E-state index contributed by atoms with van der Waals surface area (Å²) in [4.78, 5) is 14.8. The van der Waals surface area contributed by atoms with Crippen LogP contribution in [0.25, 0.3) is 0 Å². The van der Waals surface area contributed by atoms with Crippen molar-refractivity contribution in [3.05, 3.63) is 71.3 Å². The van der Waals surface area contributed by atoms with Crippen molar-refractivity contribution >= 4 is 5.91 Å². The molecule has 2 aromatic carbocycles. The van der Waals surface area contributed by atoms with Crippen molar-refractivity contribution in [2.24, 2.45) is 0 Å². The average molecular weight is 263 g/mol. The topological polar surface area (TPSA) is 20.3 Å². The van der Waals surface area contributed by atoms with Gasteiger partial charge in [-0.25, -0.2) is 0 Å². The van der Waals surface area contributed by atoms with E-state index in [0.717, 1.165) is 24.9 Å². The lowest BCUT2D eigenvalue weighted by atomic mass is 9.77. The normalized spacial score (nSPS) is 24.4. The van der Waals surface area contributed by atoms with E-state index >= 15 is 0 Å². The van der Waals surface area contributed by atoms with E-state index in [1.165, 1.54) is 17.5 Å². The first-order valence-electron chi connectivity index (χ1n) is 7.31. The van der Waals surface area contributed by atoms with Crippen LogP contribution in [0.3, 0.4) is 0 Å². The Bertz CT molecular complexity index is 664. The average Bonchev–Trinajstić information content (AvgIpc) is 2.80. The number of amides is 1. The van der Waals surface area contributed by atoms with Gasteiger partial charge in [0.25, 0.3) is 5.91 Å². The maximum atomic E-state index is 12.7. The molecule has 0 spiro atoms. The van der Waals surface area contributed by atoms with Crippen LogP contribution >= 0.6 is 0 Å². The number of benzene rings is 2. The fourth-order valence-corrected chi connectivity index (χ4v) is 3.88. The zero-order valence-electron chi connectivity index (χ0n) is 11.4. The number of fused-ring (bicyclic) bond motifs is 3.